The molecule has 0 aliphatic heterocycles. The molecule has 0 radical (unpaired) electrons. The largest absolute Gasteiger partial charge is 0.508 e. The highest BCUT2D eigenvalue weighted by Crippen LogP contribution is 2.21. The number of aromatic nitrogens is 2. The van der Waals surface area contributed by atoms with Gasteiger partial charge in [0.2, 0.25) is 0 Å². The number of hydrogen-bond acceptors (Lipinski definition) is 3. The van der Waals surface area contributed by atoms with Gasteiger partial charge in [-0.15, -0.1) is 0 Å². The van der Waals surface area contributed by atoms with Gasteiger partial charge in [-0.25, -0.2) is 4.98 Å². The molecule has 4 nitrogen and oxygen atoms in total. The Morgan fingerprint density at radius 1 is 1.44 bits per heavy atom. The predicted molar refractivity (Wildman–Crippen MR) is 73.8 cm³/mol. The lowest BCUT2D eigenvalue weighted by Gasteiger charge is -2.04. The molecule has 0 bridgehead atoms. The Labute approximate surface area is 105 Å². The average Bonchev–Trinajstić information content (AvgIpc) is 2.73. The van der Waals surface area contributed by atoms with Gasteiger partial charge in [-0.3, -0.25) is 4.57 Å². The highest BCUT2D eigenvalue weighted by Gasteiger charge is 2.04. The fourth-order valence-electron chi connectivity index (χ4n) is 1.67. The van der Waals surface area contributed by atoms with Gasteiger partial charge in [-0.1, -0.05) is 6.58 Å². The molecule has 92 valence electrons. The molecule has 0 aliphatic rings. The highest BCUT2D eigenvalue weighted by molar-refractivity contribution is 5.82. The van der Waals surface area contributed by atoms with Crippen molar-refractivity contribution < 1.29 is 5.11 Å². The molecule has 0 saturated heterocycles. The van der Waals surface area contributed by atoms with E-state index in [2.05, 4.69) is 11.6 Å². The molecule has 4 heteroatoms. The number of hydrogen-bond donors (Lipinski definition) is 2. The number of imidazole rings is 1. The molecule has 0 fully saturated rings. The van der Waals surface area contributed by atoms with Gasteiger partial charge in [-0.05, 0) is 37.3 Å². The van der Waals surface area contributed by atoms with Crippen molar-refractivity contribution >= 4 is 16.7 Å². The summed E-state index contributed by atoms with van der Waals surface area (Å²) < 4.78 is 1.89. The molecule has 0 unspecified atom stereocenters. The second-order valence-electron chi connectivity index (χ2n) is 3.99. The van der Waals surface area contributed by atoms with E-state index >= 15 is 0 Å². The van der Waals surface area contributed by atoms with Crippen LogP contribution in [0, 0.1) is 0 Å². The third kappa shape index (κ3) is 2.27. The molecular formula is C14H15N3O. The van der Waals surface area contributed by atoms with Crippen LogP contribution < -0.4 is 5.73 Å². The molecule has 1 heterocycles. The van der Waals surface area contributed by atoms with Crippen molar-refractivity contribution in [3.63, 3.8) is 0 Å². The number of aromatic hydroxyl groups is 1. The van der Waals surface area contributed by atoms with E-state index in [0.717, 1.165) is 22.4 Å². The molecule has 2 rings (SSSR count). The minimum absolute atomic E-state index is 0.203. The van der Waals surface area contributed by atoms with Gasteiger partial charge in [0, 0.05) is 17.5 Å². The van der Waals surface area contributed by atoms with Gasteiger partial charge in [0.15, 0.2) is 0 Å². The smallest absolute Gasteiger partial charge is 0.117 e. The van der Waals surface area contributed by atoms with Gasteiger partial charge in [0.25, 0.3) is 0 Å². The van der Waals surface area contributed by atoms with Crippen molar-refractivity contribution in [3.05, 3.63) is 55.0 Å². The minimum atomic E-state index is 0.203. The van der Waals surface area contributed by atoms with Crippen molar-refractivity contribution in [1.29, 1.82) is 0 Å². The first-order valence-electron chi connectivity index (χ1n) is 5.55. The Kier molecular flexibility index (Phi) is 3.19. The second-order valence-corrected chi connectivity index (χ2v) is 3.99. The molecule has 1 aromatic carbocycles. The van der Waals surface area contributed by atoms with Crippen molar-refractivity contribution in [2.75, 3.05) is 0 Å². The number of nitrogens with two attached hydrogens (primary N) is 1. The average molecular weight is 241 g/mol. The fourth-order valence-corrected chi connectivity index (χ4v) is 1.67. The number of rotatable bonds is 3. The number of allylic oxidation sites excluding steroid dienone is 5. The number of fused-ring (bicyclic) bond motifs is 1. The van der Waals surface area contributed by atoms with Crippen LogP contribution in [0.1, 0.15) is 6.92 Å². The third-order valence-corrected chi connectivity index (χ3v) is 2.54. The van der Waals surface area contributed by atoms with E-state index in [1.54, 1.807) is 24.5 Å². The highest BCUT2D eigenvalue weighted by atomic mass is 16.3. The molecule has 2 aromatic rings. The summed E-state index contributed by atoms with van der Waals surface area (Å²) in [5.74, 6) is 0.203. The summed E-state index contributed by atoms with van der Waals surface area (Å²) >= 11 is 0. The van der Waals surface area contributed by atoms with Crippen LogP contribution in [0.25, 0.3) is 16.7 Å². The Hall–Kier alpha value is -2.49. The number of nitrogens with zero attached hydrogens (tertiary/aromatic N) is 2. The topological polar surface area (TPSA) is 64.1 Å². The molecule has 0 atom stereocenters. The summed E-state index contributed by atoms with van der Waals surface area (Å²) in [6.07, 6.45) is 7.10. The molecule has 0 aliphatic carbocycles. The lowest BCUT2D eigenvalue weighted by molar-refractivity contribution is 0.476. The van der Waals surface area contributed by atoms with Gasteiger partial charge in [0.05, 0.1) is 11.0 Å². The predicted octanol–water partition coefficient (Wildman–Crippen LogP) is 2.63. The van der Waals surface area contributed by atoms with Crippen molar-refractivity contribution in [3.8, 4) is 5.75 Å². The van der Waals surface area contributed by atoms with Crippen LogP contribution in [-0.2, 0) is 0 Å². The van der Waals surface area contributed by atoms with E-state index < -0.39 is 0 Å². The Balaban J connectivity index is 2.56. The summed E-state index contributed by atoms with van der Waals surface area (Å²) in [5.41, 5.74) is 8.83. The van der Waals surface area contributed by atoms with E-state index in [1.165, 1.54) is 0 Å². The van der Waals surface area contributed by atoms with Gasteiger partial charge in [0.1, 0.15) is 12.1 Å². The Morgan fingerprint density at radius 3 is 2.89 bits per heavy atom. The van der Waals surface area contributed by atoms with Crippen LogP contribution in [0.3, 0.4) is 0 Å². The van der Waals surface area contributed by atoms with Crippen LogP contribution in [0.15, 0.2) is 55.0 Å². The number of phenols is 1. The van der Waals surface area contributed by atoms with E-state index in [4.69, 9.17) is 5.73 Å². The van der Waals surface area contributed by atoms with Crippen LogP contribution in [0.2, 0.25) is 0 Å². The van der Waals surface area contributed by atoms with Crippen molar-refractivity contribution in [1.82, 2.24) is 9.55 Å². The summed E-state index contributed by atoms with van der Waals surface area (Å²) in [7, 11) is 0. The first-order chi connectivity index (χ1) is 8.61. The zero-order valence-electron chi connectivity index (χ0n) is 10.2. The van der Waals surface area contributed by atoms with E-state index in [9.17, 15) is 5.11 Å². The lowest BCUT2D eigenvalue weighted by atomic mass is 10.2. The maximum absolute atomic E-state index is 9.40. The van der Waals surface area contributed by atoms with Crippen molar-refractivity contribution in [2.45, 2.75) is 6.92 Å². The van der Waals surface area contributed by atoms with Crippen LogP contribution >= 0.6 is 0 Å². The third-order valence-electron chi connectivity index (χ3n) is 2.54. The molecule has 1 aromatic heterocycles. The monoisotopic (exact) mass is 241 g/mol. The second kappa shape index (κ2) is 4.79. The molecular weight excluding hydrogens is 226 g/mol. The van der Waals surface area contributed by atoms with Gasteiger partial charge >= 0.3 is 0 Å². The van der Waals surface area contributed by atoms with Crippen molar-refractivity contribution in [2.24, 2.45) is 5.73 Å². The quantitative estimate of drug-likeness (QED) is 0.812. The molecule has 3 N–H and O–H groups in total. The first kappa shape index (κ1) is 12.0. The number of phenolic OH excluding ortho intramolecular Hbond substituents is 1. The van der Waals surface area contributed by atoms with E-state index in [-0.39, 0.29) is 5.75 Å². The summed E-state index contributed by atoms with van der Waals surface area (Å²) in [6, 6.07) is 5.07. The molecule has 18 heavy (non-hydrogen) atoms. The molecule has 0 saturated carbocycles. The summed E-state index contributed by atoms with van der Waals surface area (Å²) in [6.45, 7) is 5.60. The van der Waals surface area contributed by atoms with Crippen LogP contribution in [0.4, 0.5) is 0 Å². The van der Waals surface area contributed by atoms with Crippen LogP contribution in [0.5, 0.6) is 5.75 Å². The Bertz CT molecular complexity index is 646. The SMILES string of the molecule is C=C/C(=C\C=C(/C)N)n1cnc2cc(O)ccc21. The minimum Gasteiger partial charge on any atom is -0.508 e. The van der Waals surface area contributed by atoms with Crippen LogP contribution in [-0.4, -0.2) is 14.7 Å². The standard InChI is InChI=1S/C14H15N3O/c1-3-11(5-4-10(2)15)17-9-16-13-8-12(18)6-7-14(13)17/h3-9,18H,1,15H2,2H3/b10-4+,11-5+. The lowest BCUT2D eigenvalue weighted by Crippen LogP contribution is -1.93. The van der Waals surface area contributed by atoms with Gasteiger partial charge < -0.3 is 10.8 Å². The normalized spacial score (nSPS) is 12.9. The summed E-state index contributed by atoms with van der Waals surface area (Å²) in [4.78, 5) is 4.24. The molecule has 0 amide bonds. The molecule has 0 spiro atoms. The maximum atomic E-state index is 9.40. The first-order valence-corrected chi connectivity index (χ1v) is 5.55. The summed E-state index contributed by atoms with van der Waals surface area (Å²) in [5, 5.41) is 9.40. The Morgan fingerprint density at radius 2 is 2.22 bits per heavy atom. The van der Waals surface area contributed by atoms with Gasteiger partial charge in [-0.2, -0.15) is 0 Å². The van der Waals surface area contributed by atoms with E-state index in [1.807, 2.05) is 29.7 Å². The zero-order chi connectivity index (χ0) is 13.1. The van der Waals surface area contributed by atoms with E-state index in [0.29, 0.717) is 0 Å². The fraction of sp³-hybridized carbons (Fsp3) is 0.0714. The zero-order valence-corrected chi connectivity index (χ0v) is 10.2. The maximum Gasteiger partial charge on any atom is 0.117 e. The number of benzene rings is 1.